The number of ether oxygens (including phenoxy) is 1. The van der Waals surface area contributed by atoms with Gasteiger partial charge in [-0.1, -0.05) is 12.1 Å². The predicted molar refractivity (Wildman–Crippen MR) is 55.4 cm³/mol. The molecule has 0 radical (unpaired) electrons. The van der Waals surface area contributed by atoms with Crippen molar-refractivity contribution in [1.82, 2.24) is 0 Å². The van der Waals surface area contributed by atoms with Crippen LogP contribution in [0.15, 0.2) is 18.2 Å². The Bertz CT molecular complexity index is 393. The Labute approximate surface area is 96.4 Å². The molecule has 0 fully saturated rings. The third-order valence-electron chi connectivity index (χ3n) is 2.48. The maximum atomic E-state index is 12.7. The Morgan fingerprint density at radius 1 is 1.24 bits per heavy atom. The average molecular weight is 251 g/mol. The highest BCUT2D eigenvalue weighted by molar-refractivity contribution is 5.39. The summed E-state index contributed by atoms with van der Waals surface area (Å²) >= 11 is 0. The molecule has 2 N–H and O–H groups in total. The predicted octanol–water partition coefficient (Wildman–Crippen LogP) is 3.04. The normalized spacial score (nSPS) is 15.1. The molecule has 1 aromatic carbocycles. The van der Waals surface area contributed by atoms with Crippen molar-refractivity contribution < 1.29 is 22.3 Å². The Kier molecular flexibility index (Phi) is 3.98. The van der Waals surface area contributed by atoms with Gasteiger partial charge in [0.15, 0.2) is 0 Å². The van der Waals surface area contributed by atoms with E-state index in [2.05, 4.69) is 4.74 Å². The van der Waals surface area contributed by atoms with Crippen molar-refractivity contribution in [3.63, 3.8) is 0 Å². The van der Waals surface area contributed by atoms with E-state index in [1.807, 2.05) is 0 Å². The van der Waals surface area contributed by atoms with Gasteiger partial charge < -0.3 is 10.5 Å². The van der Waals surface area contributed by atoms with Gasteiger partial charge in [-0.15, -0.1) is 0 Å². The smallest absolute Gasteiger partial charge is 0.387 e. The average Bonchev–Trinajstić information content (AvgIpc) is 2.20. The van der Waals surface area contributed by atoms with Crippen LogP contribution in [0.3, 0.4) is 0 Å². The van der Waals surface area contributed by atoms with Gasteiger partial charge in [-0.05, 0) is 31.0 Å². The van der Waals surface area contributed by atoms with Gasteiger partial charge in [-0.25, -0.2) is 8.78 Å². The third-order valence-corrected chi connectivity index (χ3v) is 2.48. The van der Waals surface area contributed by atoms with Crippen LogP contribution in [-0.4, -0.2) is 13.0 Å². The highest BCUT2D eigenvalue weighted by Gasteiger charge is 2.32. The van der Waals surface area contributed by atoms with Gasteiger partial charge in [0.25, 0.3) is 6.43 Å². The monoisotopic (exact) mass is 251 g/mol. The Hall–Kier alpha value is -1.30. The molecule has 0 saturated carbocycles. The molecular weight excluding hydrogens is 238 g/mol. The van der Waals surface area contributed by atoms with Crippen LogP contribution in [0.25, 0.3) is 0 Å². The summed E-state index contributed by atoms with van der Waals surface area (Å²) in [6, 6.07) is 3.91. The van der Waals surface area contributed by atoms with Gasteiger partial charge in [0.1, 0.15) is 5.75 Å². The molecule has 0 aliphatic heterocycles. The van der Waals surface area contributed by atoms with Crippen LogP contribution in [0, 0.1) is 6.92 Å². The minimum atomic E-state index is -3.00. The third kappa shape index (κ3) is 3.09. The summed E-state index contributed by atoms with van der Waals surface area (Å²) in [5.74, 6) is -0.144. The first-order valence-corrected chi connectivity index (χ1v) is 4.88. The van der Waals surface area contributed by atoms with Crippen LogP contribution in [0.1, 0.15) is 18.1 Å². The zero-order valence-electron chi connectivity index (χ0n) is 9.38. The van der Waals surface area contributed by atoms with Crippen LogP contribution in [0.4, 0.5) is 17.6 Å². The van der Waals surface area contributed by atoms with Gasteiger partial charge in [0.2, 0.25) is 0 Å². The lowest BCUT2D eigenvalue weighted by molar-refractivity contribution is -0.0504. The number of benzene rings is 1. The Morgan fingerprint density at radius 3 is 2.29 bits per heavy atom. The van der Waals surface area contributed by atoms with E-state index in [0.29, 0.717) is 5.56 Å². The maximum absolute atomic E-state index is 12.7. The van der Waals surface area contributed by atoms with Crippen molar-refractivity contribution in [2.75, 3.05) is 0 Å². The quantitative estimate of drug-likeness (QED) is 0.835. The first-order valence-electron chi connectivity index (χ1n) is 4.88. The highest BCUT2D eigenvalue weighted by atomic mass is 19.3. The van der Waals surface area contributed by atoms with Gasteiger partial charge >= 0.3 is 6.61 Å². The molecule has 0 spiro atoms. The van der Waals surface area contributed by atoms with Crippen molar-refractivity contribution in [2.45, 2.75) is 32.4 Å². The molecule has 1 atom stereocenters. The van der Waals surface area contributed by atoms with Crippen LogP contribution >= 0.6 is 0 Å². The van der Waals surface area contributed by atoms with E-state index in [9.17, 15) is 17.6 Å². The molecular formula is C11H13F4NO. The first kappa shape index (κ1) is 13.8. The Balaban J connectivity index is 3.12. The Morgan fingerprint density at radius 2 is 1.82 bits per heavy atom. The first-order chi connectivity index (χ1) is 7.75. The topological polar surface area (TPSA) is 35.2 Å². The van der Waals surface area contributed by atoms with Crippen LogP contribution < -0.4 is 10.5 Å². The molecule has 0 aliphatic rings. The van der Waals surface area contributed by atoms with E-state index in [-0.39, 0.29) is 11.3 Å². The molecule has 0 aliphatic carbocycles. The molecule has 6 heteroatoms. The van der Waals surface area contributed by atoms with E-state index in [1.54, 1.807) is 0 Å². The number of rotatable bonds is 4. The minimum Gasteiger partial charge on any atom is -0.435 e. The number of hydrogen-bond donors (Lipinski definition) is 1. The molecule has 0 saturated heterocycles. The SMILES string of the molecule is Cc1ccc(C(C)(N)C(F)F)cc1OC(F)F. The fraction of sp³-hybridized carbons (Fsp3) is 0.455. The molecule has 0 amide bonds. The summed E-state index contributed by atoms with van der Waals surface area (Å²) in [5.41, 5.74) is 4.02. The summed E-state index contributed by atoms with van der Waals surface area (Å²) < 4.78 is 53.8. The van der Waals surface area contributed by atoms with Gasteiger partial charge in [-0.2, -0.15) is 8.78 Å². The van der Waals surface area contributed by atoms with Gasteiger partial charge in [-0.3, -0.25) is 0 Å². The number of hydrogen-bond acceptors (Lipinski definition) is 2. The zero-order valence-corrected chi connectivity index (χ0v) is 9.38. The van der Waals surface area contributed by atoms with E-state index in [1.165, 1.54) is 19.1 Å². The summed E-state index contributed by atoms with van der Waals surface area (Å²) in [6.45, 7) is -0.328. The van der Waals surface area contributed by atoms with E-state index in [4.69, 9.17) is 5.73 Å². The lowest BCUT2D eigenvalue weighted by Crippen LogP contribution is -2.40. The molecule has 0 bridgehead atoms. The van der Waals surface area contributed by atoms with Crippen LogP contribution in [-0.2, 0) is 5.54 Å². The number of alkyl halides is 4. The standard InChI is InChI=1S/C11H13F4NO/c1-6-3-4-7(11(2,16)9(12)13)5-8(6)17-10(14)15/h3-5,9-10H,16H2,1-2H3. The molecule has 2 nitrogen and oxygen atoms in total. The largest absolute Gasteiger partial charge is 0.435 e. The summed E-state index contributed by atoms with van der Waals surface area (Å²) in [4.78, 5) is 0. The number of nitrogens with two attached hydrogens (primary N) is 1. The molecule has 1 unspecified atom stereocenters. The van der Waals surface area contributed by atoms with Crippen molar-refractivity contribution in [3.05, 3.63) is 29.3 Å². The molecule has 1 aromatic rings. The summed E-state index contributed by atoms with van der Waals surface area (Å²) in [6.07, 6.45) is -2.80. The van der Waals surface area contributed by atoms with Crippen molar-refractivity contribution in [1.29, 1.82) is 0 Å². The molecule has 0 heterocycles. The molecule has 96 valence electrons. The maximum Gasteiger partial charge on any atom is 0.387 e. The molecule has 0 aromatic heterocycles. The van der Waals surface area contributed by atoms with E-state index >= 15 is 0 Å². The minimum absolute atomic E-state index is 0.0498. The van der Waals surface area contributed by atoms with Crippen molar-refractivity contribution >= 4 is 0 Å². The fourth-order valence-corrected chi connectivity index (χ4v) is 1.28. The van der Waals surface area contributed by atoms with Gasteiger partial charge in [0.05, 0.1) is 5.54 Å². The van der Waals surface area contributed by atoms with E-state index < -0.39 is 18.6 Å². The second kappa shape index (κ2) is 4.91. The zero-order chi connectivity index (χ0) is 13.2. The van der Waals surface area contributed by atoms with Crippen molar-refractivity contribution in [3.8, 4) is 5.75 Å². The lowest BCUT2D eigenvalue weighted by Gasteiger charge is -2.25. The highest BCUT2D eigenvalue weighted by Crippen LogP contribution is 2.30. The molecule has 17 heavy (non-hydrogen) atoms. The second-order valence-corrected chi connectivity index (χ2v) is 3.94. The molecule has 1 rings (SSSR count). The van der Waals surface area contributed by atoms with E-state index in [0.717, 1.165) is 13.0 Å². The second-order valence-electron chi connectivity index (χ2n) is 3.94. The van der Waals surface area contributed by atoms with Crippen molar-refractivity contribution in [2.24, 2.45) is 5.73 Å². The lowest BCUT2D eigenvalue weighted by atomic mass is 9.92. The number of halogens is 4. The summed E-state index contributed by atoms with van der Waals surface area (Å²) in [5, 5.41) is 0. The van der Waals surface area contributed by atoms with Gasteiger partial charge in [0, 0.05) is 0 Å². The van der Waals surface area contributed by atoms with Crippen LogP contribution in [0.2, 0.25) is 0 Å². The number of aryl methyl sites for hydroxylation is 1. The fourth-order valence-electron chi connectivity index (χ4n) is 1.28. The summed E-state index contributed by atoms with van der Waals surface area (Å²) in [7, 11) is 0. The van der Waals surface area contributed by atoms with Crippen LogP contribution in [0.5, 0.6) is 5.75 Å².